The van der Waals surface area contributed by atoms with Crippen molar-refractivity contribution in [1.29, 1.82) is 0 Å². The van der Waals surface area contributed by atoms with Crippen molar-refractivity contribution in [2.45, 2.75) is 54.4 Å². The lowest BCUT2D eigenvalue weighted by Crippen LogP contribution is -2.74. The first-order chi connectivity index (χ1) is 22.6. The SMILES string of the molecule is O=C(N(Cc1ccc(C(F)(F)F)cc1)c1ccccc1C#Cc1ccccc1)C(F)(F)C(F)(F)C(F)(F)C(F)(F)C(F)(F)C(F)(F)C(F)(F)F. The van der Waals surface area contributed by atoms with E-state index in [9.17, 15) is 75.0 Å². The van der Waals surface area contributed by atoms with Crippen molar-refractivity contribution in [3.05, 3.63) is 101 Å². The van der Waals surface area contributed by atoms with Crippen LogP contribution in [0.4, 0.5) is 84.7 Å². The summed E-state index contributed by atoms with van der Waals surface area (Å²) in [5, 5.41) is 0. The number of amides is 1. The van der Waals surface area contributed by atoms with Gasteiger partial charge in [-0.25, -0.2) is 0 Å². The summed E-state index contributed by atoms with van der Waals surface area (Å²) < 4.78 is 247. The zero-order chi connectivity index (χ0) is 38.4. The maximum atomic E-state index is 15.2. The monoisotopic (exact) mass is 747 g/mol. The van der Waals surface area contributed by atoms with Gasteiger partial charge < -0.3 is 4.90 Å². The first-order valence-electron chi connectivity index (χ1n) is 13.0. The van der Waals surface area contributed by atoms with Gasteiger partial charge in [0.05, 0.1) is 17.8 Å². The number of carbonyl (C=O) groups excluding carboxylic acids is 1. The van der Waals surface area contributed by atoms with Crippen LogP contribution in [0.25, 0.3) is 0 Å². The number of benzene rings is 3. The predicted molar refractivity (Wildman–Crippen MR) is 137 cm³/mol. The zero-order valence-corrected chi connectivity index (χ0v) is 23.9. The third-order valence-corrected chi connectivity index (χ3v) is 6.77. The van der Waals surface area contributed by atoms with E-state index in [1.165, 1.54) is 30.3 Å². The number of carbonyl (C=O) groups is 1. The summed E-state index contributed by atoms with van der Waals surface area (Å²) in [5.41, 5.74) is -3.50. The molecule has 0 unspecified atom stereocenters. The molecule has 0 fully saturated rings. The molecular weight excluding hydrogens is 732 g/mol. The molecule has 0 aliphatic carbocycles. The van der Waals surface area contributed by atoms with Crippen LogP contribution in [0.15, 0.2) is 78.9 Å². The van der Waals surface area contributed by atoms with Crippen molar-refractivity contribution in [1.82, 2.24) is 0 Å². The molecule has 0 aromatic heterocycles. The molecule has 2 nitrogen and oxygen atoms in total. The van der Waals surface area contributed by atoms with Crippen LogP contribution in [-0.2, 0) is 17.5 Å². The molecule has 0 saturated heterocycles. The van der Waals surface area contributed by atoms with E-state index in [4.69, 9.17) is 0 Å². The molecule has 0 N–H and O–H groups in total. The lowest BCUT2D eigenvalue weighted by Gasteiger charge is -2.41. The van der Waals surface area contributed by atoms with E-state index >= 15 is 8.78 Å². The standard InChI is InChI=1S/C30H15F18NO/c31-23(32,25(36,37)26(38,39)27(40,41)28(42,43)29(44,45)30(46,47)48)22(50)49(16-18-11-14-20(15-12-18)24(33,34)35)21-9-5-4-8-19(21)13-10-17-6-2-1-3-7-17/h1-9,11-12,14-15H,16H2. The van der Waals surface area contributed by atoms with E-state index in [0.717, 1.165) is 18.2 Å². The minimum atomic E-state index is -8.64. The van der Waals surface area contributed by atoms with Gasteiger partial charge in [-0.05, 0) is 42.0 Å². The quantitative estimate of drug-likeness (QED) is 0.158. The highest BCUT2D eigenvalue weighted by Gasteiger charge is 2.94. The number of anilines is 1. The average Bonchev–Trinajstić information content (AvgIpc) is 3.01. The number of hydrogen-bond donors (Lipinski definition) is 0. The van der Waals surface area contributed by atoms with Crippen molar-refractivity contribution < 1.29 is 83.8 Å². The molecule has 50 heavy (non-hydrogen) atoms. The second-order valence-electron chi connectivity index (χ2n) is 10.2. The maximum absolute atomic E-state index is 15.2. The second kappa shape index (κ2) is 13.0. The third-order valence-electron chi connectivity index (χ3n) is 6.77. The van der Waals surface area contributed by atoms with Crippen molar-refractivity contribution >= 4 is 11.6 Å². The highest BCUT2D eigenvalue weighted by Crippen LogP contribution is 2.62. The van der Waals surface area contributed by atoms with Crippen molar-refractivity contribution in [3.63, 3.8) is 0 Å². The zero-order valence-electron chi connectivity index (χ0n) is 23.9. The van der Waals surface area contributed by atoms with Crippen LogP contribution in [0.1, 0.15) is 22.3 Å². The molecule has 272 valence electrons. The highest BCUT2D eigenvalue weighted by atomic mass is 19.4. The first-order valence-corrected chi connectivity index (χ1v) is 13.0. The number of para-hydroxylation sites is 1. The van der Waals surface area contributed by atoms with Gasteiger partial charge in [-0.3, -0.25) is 4.79 Å². The number of hydrogen-bond acceptors (Lipinski definition) is 1. The molecule has 0 spiro atoms. The van der Waals surface area contributed by atoms with Gasteiger partial charge in [0.25, 0.3) is 0 Å². The summed E-state index contributed by atoms with van der Waals surface area (Å²) in [7, 11) is 0. The van der Waals surface area contributed by atoms with Crippen LogP contribution in [-0.4, -0.2) is 47.6 Å². The lowest BCUT2D eigenvalue weighted by molar-refractivity contribution is -0.449. The van der Waals surface area contributed by atoms with Gasteiger partial charge in [0.1, 0.15) is 0 Å². The Hall–Kier alpha value is -4.57. The molecule has 20 heteroatoms. The molecule has 0 saturated carbocycles. The van der Waals surface area contributed by atoms with E-state index in [1.807, 2.05) is 0 Å². The highest BCUT2D eigenvalue weighted by molar-refractivity contribution is 6.00. The number of nitrogens with zero attached hydrogens (tertiary/aromatic N) is 1. The van der Waals surface area contributed by atoms with Gasteiger partial charge in [0.15, 0.2) is 0 Å². The normalized spacial score (nSPS) is 13.8. The molecule has 0 bridgehead atoms. The molecular formula is C30H15F18NO. The number of halogens is 18. The van der Waals surface area contributed by atoms with Crippen molar-refractivity contribution in [3.8, 4) is 11.8 Å². The Kier molecular flexibility index (Phi) is 10.3. The summed E-state index contributed by atoms with van der Waals surface area (Å²) in [6, 6.07) is 12.2. The van der Waals surface area contributed by atoms with Crippen LogP contribution in [0.3, 0.4) is 0 Å². The van der Waals surface area contributed by atoms with Crippen LogP contribution in [0, 0.1) is 11.8 Å². The first kappa shape index (κ1) is 39.9. The number of alkyl halides is 18. The van der Waals surface area contributed by atoms with Crippen molar-refractivity contribution in [2.75, 3.05) is 4.90 Å². The maximum Gasteiger partial charge on any atom is 0.460 e. The summed E-state index contributed by atoms with van der Waals surface area (Å²) >= 11 is 0. The lowest BCUT2D eigenvalue weighted by atomic mass is 9.90. The fraction of sp³-hybridized carbons (Fsp3) is 0.300. The van der Waals surface area contributed by atoms with E-state index in [2.05, 4.69) is 11.8 Å². The van der Waals surface area contributed by atoms with Crippen LogP contribution in [0.5, 0.6) is 0 Å². The molecule has 0 aliphatic heterocycles. The third kappa shape index (κ3) is 6.77. The average molecular weight is 747 g/mol. The van der Waals surface area contributed by atoms with Crippen LogP contribution in [0.2, 0.25) is 0 Å². The minimum absolute atomic E-state index is 0.179. The Morgan fingerprint density at radius 1 is 0.520 bits per heavy atom. The van der Waals surface area contributed by atoms with Crippen molar-refractivity contribution in [2.24, 2.45) is 0 Å². The molecule has 1 amide bonds. The fourth-order valence-electron chi connectivity index (χ4n) is 3.99. The van der Waals surface area contributed by atoms with E-state index in [-0.39, 0.29) is 17.7 Å². The van der Waals surface area contributed by atoms with Gasteiger partial charge in [-0.15, -0.1) is 0 Å². The Balaban J connectivity index is 2.22. The minimum Gasteiger partial charge on any atom is -0.301 e. The number of rotatable bonds is 9. The van der Waals surface area contributed by atoms with Gasteiger partial charge in [-0.1, -0.05) is 54.3 Å². The van der Waals surface area contributed by atoms with E-state index < -0.39 is 87.6 Å². The summed E-state index contributed by atoms with van der Waals surface area (Å²) in [5.74, 6) is -48.4. The smallest absolute Gasteiger partial charge is 0.301 e. The van der Waals surface area contributed by atoms with Gasteiger partial charge in [-0.2, -0.15) is 79.0 Å². The topological polar surface area (TPSA) is 20.3 Å². The molecule has 0 aliphatic rings. The summed E-state index contributed by atoms with van der Waals surface area (Å²) in [6.07, 6.45) is -12.8. The Labute approximate surface area is 268 Å². The summed E-state index contributed by atoms with van der Waals surface area (Å²) in [6.45, 7) is -1.57. The van der Waals surface area contributed by atoms with Gasteiger partial charge in [0.2, 0.25) is 0 Å². The Bertz CT molecular complexity index is 1730. The molecule has 0 radical (unpaired) electrons. The van der Waals surface area contributed by atoms with Crippen LogP contribution < -0.4 is 4.90 Å². The van der Waals surface area contributed by atoms with Crippen LogP contribution >= 0.6 is 0 Å². The molecule has 0 atom stereocenters. The Morgan fingerprint density at radius 2 is 0.980 bits per heavy atom. The van der Waals surface area contributed by atoms with E-state index in [0.29, 0.717) is 18.2 Å². The molecule has 3 aromatic carbocycles. The van der Waals surface area contributed by atoms with E-state index in [1.54, 1.807) is 0 Å². The summed E-state index contributed by atoms with van der Waals surface area (Å²) in [4.78, 5) is 12.4. The van der Waals surface area contributed by atoms with Gasteiger partial charge >= 0.3 is 53.8 Å². The fourth-order valence-corrected chi connectivity index (χ4v) is 3.99. The largest absolute Gasteiger partial charge is 0.460 e. The second-order valence-corrected chi connectivity index (χ2v) is 10.2. The van der Waals surface area contributed by atoms with Gasteiger partial charge in [0, 0.05) is 11.1 Å². The predicted octanol–water partition coefficient (Wildman–Crippen LogP) is 10.0. The molecule has 3 rings (SSSR count). The Morgan fingerprint density at radius 3 is 1.48 bits per heavy atom. The molecule has 0 heterocycles. The molecule has 3 aromatic rings.